The van der Waals surface area contributed by atoms with Crippen LogP contribution in [-0.4, -0.2) is 30.9 Å². The lowest BCUT2D eigenvalue weighted by atomic mass is 10.1. The van der Waals surface area contributed by atoms with Gasteiger partial charge in [0.1, 0.15) is 11.1 Å². The summed E-state index contributed by atoms with van der Waals surface area (Å²) in [7, 11) is -3.45. The van der Waals surface area contributed by atoms with E-state index >= 15 is 0 Å². The average Bonchev–Trinajstić information content (AvgIpc) is 3.16. The summed E-state index contributed by atoms with van der Waals surface area (Å²) in [5, 5.41) is 1.09. The molecular weight excluding hydrogens is 293 g/mol. The number of carbonyl (C=O) groups excluding carboxylic acids is 1. The molecular formula is C15H20FNO3S. The zero-order valence-corrected chi connectivity index (χ0v) is 13.2. The molecule has 0 heterocycles. The molecule has 1 amide bonds. The standard InChI is InChI=1S/C15H20FNO3S/c1-9(2)21(19,20)10(3)15(18)17-14-8-13(14)11-5-4-6-12(16)7-11/h4-7,9-10,13-14H,8H2,1-3H3,(H,17,18)/t10-,13+,14-/m1/s1. The first kappa shape index (κ1) is 15.9. The minimum Gasteiger partial charge on any atom is -0.352 e. The van der Waals surface area contributed by atoms with Crippen molar-refractivity contribution in [2.45, 2.75) is 49.7 Å². The fourth-order valence-corrected chi connectivity index (χ4v) is 3.50. The number of sulfone groups is 1. The molecule has 1 aliphatic rings. The highest BCUT2D eigenvalue weighted by Crippen LogP contribution is 2.41. The van der Waals surface area contributed by atoms with Crippen LogP contribution in [0.1, 0.15) is 38.7 Å². The maximum absolute atomic E-state index is 13.2. The molecule has 0 saturated heterocycles. The van der Waals surface area contributed by atoms with Crippen molar-refractivity contribution in [3.05, 3.63) is 35.6 Å². The van der Waals surface area contributed by atoms with Gasteiger partial charge in [-0.05, 0) is 44.9 Å². The first-order chi connectivity index (χ1) is 9.73. The van der Waals surface area contributed by atoms with Gasteiger partial charge in [0.25, 0.3) is 0 Å². The normalized spacial score (nSPS) is 22.9. The Morgan fingerprint density at radius 1 is 1.33 bits per heavy atom. The van der Waals surface area contributed by atoms with Gasteiger partial charge in [-0.15, -0.1) is 0 Å². The van der Waals surface area contributed by atoms with E-state index in [1.807, 2.05) is 6.07 Å². The second-order valence-corrected chi connectivity index (χ2v) is 8.62. The van der Waals surface area contributed by atoms with Gasteiger partial charge in [0, 0.05) is 12.0 Å². The number of carbonyl (C=O) groups is 1. The number of hydrogen-bond donors (Lipinski definition) is 1. The molecule has 21 heavy (non-hydrogen) atoms. The molecule has 1 aliphatic carbocycles. The number of amides is 1. The van der Waals surface area contributed by atoms with Gasteiger partial charge in [-0.3, -0.25) is 4.79 Å². The van der Waals surface area contributed by atoms with Crippen LogP contribution in [0.2, 0.25) is 0 Å². The Balaban J connectivity index is 1.97. The first-order valence-electron chi connectivity index (χ1n) is 7.02. The van der Waals surface area contributed by atoms with Crippen LogP contribution >= 0.6 is 0 Å². The fourth-order valence-electron chi connectivity index (χ4n) is 2.32. The van der Waals surface area contributed by atoms with Crippen molar-refractivity contribution in [1.29, 1.82) is 0 Å². The Morgan fingerprint density at radius 3 is 2.57 bits per heavy atom. The smallest absolute Gasteiger partial charge is 0.238 e. The van der Waals surface area contributed by atoms with Gasteiger partial charge in [0.05, 0.1) is 5.25 Å². The molecule has 1 aromatic carbocycles. The van der Waals surface area contributed by atoms with Gasteiger partial charge < -0.3 is 5.32 Å². The lowest BCUT2D eigenvalue weighted by Gasteiger charge is -2.15. The number of rotatable bonds is 5. The van der Waals surface area contributed by atoms with Gasteiger partial charge in [-0.1, -0.05) is 12.1 Å². The molecule has 2 rings (SSSR count). The predicted octanol–water partition coefficient (Wildman–Crippen LogP) is 2.01. The van der Waals surface area contributed by atoms with Crippen LogP contribution in [0.3, 0.4) is 0 Å². The number of hydrogen-bond acceptors (Lipinski definition) is 3. The maximum atomic E-state index is 13.2. The molecule has 1 N–H and O–H groups in total. The van der Waals surface area contributed by atoms with Crippen LogP contribution in [0, 0.1) is 5.82 Å². The van der Waals surface area contributed by atoms with Crippen molar-refractivity contribution >= 4 is 15.7 Å². The third-order valence-electron chi connectivity index (χ3n) is 3.91. The van der Waals surface area contributed by atoms with E-state index in [0.29, 0.717) is 6.42 Å². The SMILES string of the molecule is CC(C)S(=O)(=O)[C@H](C)C(=O)N[C@@H]1C[C@H]1c1cccc(F)c1. The molecule has 116 valence electrons. The minimum atomic E-state index is -3.45. The summed E-state index contributed by atoms with van der Waals surface area (Å²) in [6.45, 7) is 4.53. The molecule has 0 aliphatic heterocycles. The second-order valence-electron chi connectivity index (χ2n) is 5.79. The first-order valence-corrected chi connectivity index (χ1v) is 8.63. The third-order valence-corrected chi connectivity index (χ3v) is 6.43. The van der Waals surface area contributed by atoms with Crippen LogP contribution in [0.15, 0.2) is 24.3 Å². The van der Waals surface area contributed by atoms with Crippen LogP contribution in [-0.2, 0) is 14.6 Å². The van der Waals surface area contributed by atoms with Crippen LogP contribution in [0.5, 0.6) is 0 Å². The molecule has 0 spiro atoms. The molecule has 6 heteroatoms. The largest absolute Gasteiger partial charge is 0.352 e. The number of benzene rings is 1. The van der Waals surface area contributed by atoms with Crippen molar-refractivity contribution in [2.75, 3.05) is 0 Å². The monoisotopic (exact) mass is 313 g/mol. The topological polar surface area (TPSA) is 63.2 Å². The van der Waals surface area contributed by atoms with Crippen molar-refractivity contribution in [3.63, 3.8) is 0 Å². The van der Waals surface area contributed by atoms with E-state index in [2.05, 4.69) is 5.32 Å². The summed E-state index contributed by atoms with van der Waals surface area (Å²) >= 11 is 0. The Kier molecular flexibility index (Phi) is 4.37. The highest BCUT2D eigenvalue weighted by molar-refractivity contribution is 7.93. The summed E-state index contributed by atoms with van der Waals surface area (Å²) in [6, 6.07) is 6.16. The fraction of sp³-hybridized carbons (Fsp3) is 0.533. The van der Waals surface area contributed by atoms with Crippen molar-refractivity contribution in [1.82, 2.24) is 5.32 Å². The maximum Gasteiger partial charge on any atom is 0.238 e. The molecule has 1 aromatic rings. The minimum absolute atomic E-state index is 0.0682. The van der Waals surface area contributed by atoms with E-state index < -0.39 is 26.2 Å². The molecule has 0 unspecified atom stereocenters. The van der Waals surface area contributed by atoms with Gasteiger partial charge in [0.2, 0.25) is 5.91 Å². The Labute approximate surface area is 124 Å². The predicted molar refractivity (Wildman–Crippen MR) is 79.2 cm³/mol. The molecule has 3 atom stereocenters. The Morgan fingerprint density at radius 2 is 2.00 bits per heavy atom. The molecule has 1 saturated carbocycles. The number of halogens is 1. The molecule has 4 nitrogen and oxygen atoms in total. The highest BCUT2D eigenvalue weighted by atomic mass is 32.2. The molecule has 0 radical (unpaired) electrons. The molecule has 0 bridgehead atoms. The third kappa shape index (κ3) is 3.43. The van der Waals surface area contributed by atoms with Gasteiger partial charge in [-0.2, -0.15) is 0 Å². The molecule has 1 fully saturated rings. The van der Waals surface area contributed by atoms with E-state index in [0.717, 1.165) is 5.56 Å². The number of nitrogens with one attached hydrogen (secondary N) is 1. The Hall–Kier alpha value is -1.43. The van der Waals surface area contributed by atoms with Crippen LogP contribution < -0.4 is 5.32 Å². The van der Waals surface area contributed by atoms with Crippen molar-refractivity contribution < 1.29 is 17.6 Å². The lowest BCUT2D eigenvalue weighted by Crippen LogP contribution is -2.41. The van der Waals surface area contributed by atoms with E-state index in [9.17, 15) is 17.6 Å². The Bertz CT molecular complexity index is 642. The summed E-state index contributed by atoms with van der Waals surface area (Å²) in [5.74, 6) is -0.716. The van der Waals surface area contributed by atoms with Gasteiger partial charge in [-0.25, -0.2) is 12.8 Å². The molecule has 0 aromatic heterocycles. The summed E-state index contributed by atoms with van der Waals surface area (Å²) in [6.07, 6.45) is 0.712. The van der Waals surface area contributed by atoms with Gasteiger partial charge >= 0.3 is 0 Å². The summed E-state index contributed by atoms with van der Waals surface area (Å²) in [5.41, 5.74) is 0.833. The van der Waals surface area contributed by atoms with E-state index in [-0.39, 0.29) is 17.8 Å². The lowest BCUT2D eigenvalue weighted by molar-refractivity contribution is -0.120. The van der Waals surface area contributed by atoms with Gasteiger partial charge in [0.15, 0.2) is 9.84 Å². The van der Waals surface area contributed by atoms with Crippen molar-refractivity contribution in [3.8, 4) is 0 Å². The quantitative estimate of drug-likeness (QED) is 0.904. The van der Waals surface area contributed by atoms with E-state index in [4.69, 9.17) is 0 Å². The zero-order chi connectivity index (χ0) is 15.8. The van der Waals surface area contributed by atoms with Crippen molar-refractivity contribution in [2.24, 2.45) is 0 Å². The van der Waals surface area contributed by atoms with Crippen LogP contribution in [0.4, 0.5) is 4.39 Å². The second kappa shape index (κ2) is 5.75. The summed E-state index contributed by atoms with van der Waals surface area (Å²) in [4.78, 5) is 12.0. The van der Waals surface area contributed by atoms with E-state index in [1.54, 1.807) is 19.9 Å². The zero-order valence-electron chi connectivity index (χ0n) is 12.3. The highest BCUT2D eigenvalue weighted by Gasteiger charge is 2.42. The van der Waals surface area contributed by atoms with E-state index in [1.165, 1.54) is 19.1 Å². The van der Waals surface area contributed by atoms with Crippen LogP contribution in [0.25, 0.3) is 0 Å². The average molecular weight is 313 g/mol. The summed E-state index contributed by atoms with van der Waals surface area (Å²) < 4.78 is 37.1.